The lowest BCUT2D eigenvalue weighted by Crippen LogP contribution is -2.44. The van der Waals surface area contributed by atoms with Crippen molar-refractivity contribution in [3.63, 3.8) is 0 Å². The summed E-state index contributed by atoms with van der Waals surface area (Å²) < 4.78 is 0. The highest BCUT2D eigenvalue weighted by Gasteiger charge is 2.16. The van der Waals surface area contributed by atoms with Crippen LogP contribution in [0.4, 0.5) is 5.69 Å². The number of hydrogen-bond acceptors (Lipinski definition) is 3. The first-order chi connectivity index (χ1) is 8.66. The summed E-state index contributed by atoms with van der Waals surface area (Å²) in [7, 11) is 2.17. The molecule has 0 atom stereocenters. The number of carbonyl (C=O) groups excluding carboxylic acids is 1. The van der Waals surface area contributed by atoms with Crippen LogP contribution in [0.15, 0.2) is 24.3 Å². The van der Waals surface area contributed by atoms with Gasteiger partial charge in [0.05, 0.1) is 0 Å². The zero-order chi connectivity index (χ0) is 13.0. The van der Waals surface area contributed by atoms with Crippen molar-refractivity contribution in [2.75, 3.05) is 38.1 Å². The summed E-state index contributed by atoms with van der Waals surface area (Å²) in [5, 5.41) is 0. The average Bonchev–Trinajstić information content (AvgIpc) is 2.38. The molecule has 0 saturated carbocycles. The van der Waals surface area contributed by atoms with Gasteiger partial charge in [-0.1, -0.05) is 18.2 Å². The number of aryl methyl sites for hydroxylation is 1. The van der Waals surface area contributed by atoms with Gasteiger partial charge >= 0.3 is 0 Å². The van der Waals surface area contributed by atoms with E-state index in [4.69, 9.17) is 0 Å². The topological polar surface area (TPSA) is 23.6 Å². The molecule has 0 aliphatic carbocycles. The van der Waals surface area contributed by atoms with Crippen LogP contribution in [0.3, 0.4) is 0 Å². The van der Waals surface area contributed by atoms with Gasteiger partial charge in [-0.15, -0.1) is 0 Å². The van der Waals surface area contributed by atoms with Gasteiger partial charge in [0, 0.05) is 38.3 Å². The quantitative estimate of drug-likeness (QED) is 0.811. The first-order valence-electron chi connectivity index (χ1n) is 6.67. The minimum Gasteiger partial charge on any atom is -0.369 e. The maximum Gasteiger partial charge on any atom is 0.130 e. The smallest absolute Gasteiger partial charge is 0.130 e. The molecule has 1 aromatic rings. The van der Waals surface area contributed by atoms with Crippen LogP contribution in [0.5, 0.6) is 0 Å². The third kappa shape index (κ3) is 3.33. The molecule has 3 nitrogen and oxygen atoms in total. The van der Waals surface area contributed by atoms with Crippen molar-refractivity contribution in [2.24, 2.45) is 0 Å². The van der Waals surface area contributed by atoms with E-state index in [1.165, 1.54) is 11.3 Å². The summed E-state index contributed by atoms with van der Waals surface area (Å²) in [6, 6.07) is 8.48. The Morgan fingerprint density at radius 1 is 1.17 bits per heavy atom. The monoisotopic (exact) mass is 246 g/mol. The van der Waals surface area contributed by atoms with Crippen molar-refractivity contribution in [3.8, 4) is 0 Å². The van der Waals surface area contributed by atoms with Gasteiger partial charge in [0.1, 0.15) is 5.78 Å². The molecule has 0 unspecified atom stereocenters. The summed E-state index contributed by atoms with van der Waals surface area (Å²) in [5.74, 6) is 0.267. The molecule has 0 spiro atoms. The minimum atomic E-state index is 0.267. The van der Waals surface area contributed by atoms with Gasteiger partial charge < -0.3 is 14.6 Å². The number of Topliss-reactive ketones (excluding diaryl/α,β-unsaturated/α-hetero) is 1. The maximum absolute atomic E-state index is 11.1. The van der Waals surface area contributed by atoms with E-state index in [0.717, 1.165) is 32.6 Å². The summed E-state index contributed by atoms with van der Waals surface area (Å²) in [6.45, 7) is 6.04. The Bertz CT molecular complexity index is 409. The molecule has 2 rings (SSSR count). The van der Waals surface area contributed by atoms with E-state index in [-0.39, 0.29) is 5.78 Å². The van der Waals surface area contributed by atoms with Crippen LogP contribution >= 0.6 is 0 Å². The van der Waals surface area contributed by atoms with Crippen molar-refractivity contribution < 1.29 is 4.79 Å². The average molecular weight is 246 g/mol. The molecule has 0 N–H and O–H groups in total. The normalized spacial score (nSPS) is 16.9. The fraction of sp³-hybridized carbons (Fsp3) is 0.533. The highest BCUT2D eigenvalue weighted by Crippen LogP contribution is 2.22. The van der Waals surface area contributed by atoms with E-state index in [0.29, 0.717) is 6.42 Å². The van der Waals surface area contributed by atoms with Gasteiger partial charge in [-0.3, -0.25) is 0 Å². The second kappa shape index (κ2) is 6.01. The molecule has 1 fully saturated rings. The van der Waals surface area contributed by atoms with Crippen LogP contribution < -0.4 is 4.90 Å². The van der Waals surface area contributed by atoms with Crippen molar-refractivity contribution in [1.82, 2.24) is 4.90 Å². The Labute approximate surface area is 109 Å². The number of likely N-dealkylation sites (N-methyl/N-ethyl adjacent to an activating group) is 1. The number of para-hydroxylation sites is 1. The van der Waals surface area contributed by atoms with Crippen LogP contribution in [0.1, 0.15) is 18.9 Å². The van der Waals surface area contributed by atoms with E-state index in [1.54, 1.807) is 6.92 Å². The van der Waals surface area contributed by atoms with Crippen LogP contribution in [0.25, 0.3) is 0 Å². The minimum absolute atomic E-state index is 0.267. The number of piperazine rings is 1. The van der Waals surface area contributed by atoms with Crippen molar-refractivity contribution in [2.45, 2.75) is 19.8 Å². The molecule has 0 amide bonds. The van der Waals surface area contributed by atoms with Gasteiger partial charge in [-0.05, 0) is 32.0 Å². The summed E-state index contributed by atoms with van der Waals surface area (Å²) in [6.07, 6.45) is 1.50. The van der Waals surface area contributed by atoms with E-state index in [1.807, 2.05) is 0 Å². The Balaban J connectivity index is 2.09. The molecule has 18 heavy (non-hydrogen) atoms. The first kappa shape index (κ1) is 13.1. The molecular weight excluding hydrogens is 224 g/mol. The van der Waals surface area contributed by atoms with E-state index < -0.39 is 0 Å². The lowest BCUT2D eigenvalue weighted by Gasteiger charge is -2.35. The van der Waals surface area contributed by atoms with Gasteiger partial charge in [-0.25, -0.2) is 0 Å². The lowest BCUT2D eigenvalue weighted by molar-refractivity contribution is -0.116. The fourth-order valence-corrected chi connectivity index (χ4v) is 2.39. The third-order valence-electron chi connectivity index (χ3n) is 3.58. The van der Waals surface area contributed by atoms with Crippen molar-refractivity contribution in [3.05, 3.63) is 29.8 Å². The lowest BCUT2D eigenvalue weighted by atomic mass is 10.0. The number of anilines is 1. The summed E-state index contributed by atoms with van der Waals surface area (Å²) >= 11 is 0. The standard InChI is InChI=1S/C15H22N2O/c1-13(18)7-8-14-5-3-4-6-15(14)17-11-9-16(2)10-12-17/h3-6H,7-12H2,1-2H3. The first-order valence-corrected chi connectivity index (χ1v) is 6.67. The summed E-state index contributed by atoms with van der Waals surface area (Å²) in [4.78, 5) is 15.9. The third-order valence-corrected chi connectivity index (χ3v) is 3.58. The molecule has 0 aromatic heterocycles. The van der Waals surface area contributed by atoms with E-state index >= 15 is 0 Å². The maximum atomic E-state index is 11.1. The zero-order valence-electron chi connectivity index (χ0n) is 11.4. The van der Waals surface area contributed by atoms with Gasteiger partial charge in [-0.2, -0.15) is 0 Å². The summed E-state index contributed by atoms with van der Waals surface area (Å²) in [5.41, 5.74) is 2.61. The molecule has 1 heterocycles. The highest BCUT2D eigenvalue weighted by molar-refractivity contribution is 5.76. The van der Waals surface area contributed by atoms with E-state index in [2.05, 4.69) is 41.1 Å². The Morgan fingerprint density at radius 3 is 2.50 bits per heavy atom. The number of nitrogens with zero attached hydrogens (tertiary/aromatic N) is 2. The van der Waals surface area contributed by atoms with Crippen LogP contribution in [0, 0.1) is 0 Å². The van der Waals surface area contributed by atoms with Crippen LogP contribution in [-0.4, -0.2) is 43.9 Å². The van der Waals surface area contributed by atoms with Gasteiger partial charge in [0.15, 0.2) is 0 Å². The molecule has 3 heteroatoms. The predicted molar refractivity (Wildman–Crippen MR) is 75.2 cm³/mol. The molecule has 0 radical (unpaired) electrons. The molecule has 1 aromatic carbocycles. The molecule has 98 valence electrons. The number of carbonyl (C=O) groups is 1. The fourth-order valence-electron chi connectivity index (χ4n) is 2.39. The van der Waals surface area contributed by atoms with Crippen molar-refractivity contribution >= 4 is 11.5 Å². The Kier molecular flexibility index (Phi) is 4.37. The zero-order valence-corrected chi connectivity index (χ0v) is 11.4. The van der Waals surface area contributed by atoms with Crippen molar-refractivity contribution in [1.29, 1.82) is 0 Å². The second-order valence-electron chi connectivity index (χ2n) is 5.12. The number of ketones is 1. The SMILES string of the molecule is CC(=O)CCc1ccccc1N1CCN(C)CC1. The Morgan fingerprint density at radius 2 is 1.83 bits per heavy atom. The van der Waals surface area contributed by atoms with Crippen LogP contribution in [-0.2, 0) is 11.2 Å². The largest absolute Gasteiger partial charge is 0.369 e. The number of benzene rings is 1. The van der Waals surface area contributed by atoms with Gasteiger partial charge in [0.25, 0.3) is 0 Å². The molecular formula is C15H22N2O. The molecule has 1 aliphatic heterocycles. The number of rotatable bonds is 4. The van der Waals surface area contributed by atoms with Gasteiger partial charge in [0.2, 0.25) is 0 Å². The molecule has 1 saturated heterocycles. The second-order valence-corrected chi connectivity index (χ2v) is 5.12. The highest BCUT2D eigenvalue weighted by atomic mass is 16.1. The number of hydrogen-bond donors (Lipinski definition) is 0. The molecule has 0 bridgehead atoms. The molecule has 1 aliphatic rings. The van der Waals surface area contributed by atoms with E-state index in [9.17, 15) is 4.79 Å². The predicted octanol–water partition coefficient (Wildman–Crippen LogP) is 1.96. The van der Waals surface area contributed by atoms with Crippen LogP contribution in [0.2, 0.25) is 0 Å². The Hall–Kier alpha value is -1.35.